The molecule has 2 atom stereocenters. The lowest BCUT2D eigenvalue weighted by atomic mass is 9.93. The summed E-state index contributed by atoms with van der Waals surface area (Å²) in [7, 11) is -3.69. The zero-order valence-corrected chi connectivity index (χ0v) is 13.7. The number of nitrogens with one attached hydrogen (secondary N) is 1. The number of halogens is 1. The van der Waals surface area contributed by atoms with Crippen LogP contribution in [0.2, 0.25) is 0 Å². The molecule has 0 spiro atoms. The number of anilines is 1. The van der Waals surface area contributed by atoms with E-state index in [0.29, 0.717) is 28.6 Å². The van der Waals surface area contributed by atoms with Crippen LogP contribution >= 0.6 is 15.9 Å². The van der Waals surface area contributed by atoms with E-state index in [1.807, 2.05) is 0 Å². The van der Waals surface area contributed by atoms with Gasteiger partial charge in [-0.25, -0.2) is 13.1 Å². The van der Waals surface area contributed by atoms with Crippen molar-refractivity contribution in [3.05, 3.63) is 22.2 Å². The van der Waals surface area contributed by atoms with E-state index in [-0.39, 0.29) is 4.90 Å². The minimum atomic E-state index is -3.69. The molecule has 2 rings (SSSR count). The van der Waals surface area contributed by atoms with Gasteiger partial charge in [-0.1, -0.05) is 28.8 Å². The Hall–Kier alpha value is -0.630. The van der Waals surface area contributed by atoms with Gasteiger partial charge in [0.05, 0.1) is 11.0 Å². The molecule has 0 amide bonds. The number of aliphatic hydroxyl groups is 1. The van der Waals surface area contributed by atoms with E-state index < -0.39 is 22.2 Å². The molecule has 0 radical (unpaired) electrons. The van der Waals surface area contributed by atoms with E-state index in [1.54, 1.807) is 13.0 Å². The van der Waals surface area contributed by atoms with Crippen molar-refractivity contribution in [2.24, 2.45) is 0 Å². The summed E-state index contributed by atoms with van der Waals surface area (Å²) in [6, 6.07) is 2.78. The van der Waals surface area contributed by atoms with E-state index in [1.165, 1.54) is 6.07 Å². The molecule has 1 fully saturated rings. The molecule has 20 heavy (non-hydrogen) atoms. The fourth-order valence-electron chi connectivity index (χ4n) is 2.46. The van der Waals surface area contributed by atoms with Crippen molar-refractivity contribution >= 4 is 31.6 Å². The van der Waals surface area contributed by atoms with Gasteiger partial charge in [-0.15, -0.1) is 0 Å². The van der Waals surface area contributed by atoms with Crippen molar-refractivity contribution in [2.45, 2.75) is 49.6 Å². The summed E-state index contributed by atoms with van der Waals surface area (Å²) in [6.45, 7) is 1.67. The molecule has 0 aliphatic heterocycles. The molecule has 0 bridgehead atoms. The standard InChI is InChI=1S/C13H19BrN2O3S/c1-8-10(15)6-9(14)7-13(8)20(18,19)16-11-4-2-3-5-12(11)17/h6-7,11-12,16-17H,2-5,15H2,1H3/t11-,12-/m0/s1. The van der Waals surface area contributed by atoms with Gasteiger partial charge >= 0.3 is 0 Å². The highest BCUT2D eigenvalue weighted by Crippen LogP contribution is 2.27. The third-order valence-electron chi connectivity index (χ3n) is 3.69. The van der Waals surface area contributed by atoms with Gasteiger partial charge in [-0.3, -0.25) is 0 Å². The molecule has 1 saturated carbocycles. The quantitative estimate of drug-likeness (QED) is 0.716. The predicted molar refractivity (Wildman–Crippen MR) is 81.9 cm³/mol. The lowest BCUT2D eigenvalue weighted by Crippen LogP contribution is -2.45. The van der Waals surface area contributed by atoms with Crippen LogP contribution in [0.15, 0.2) is 21.5 Å². The molecule has 5 nitrogen and oxygen atoms in total. The Kier molecular flexibility index (Phi) is 4.73. The van der Waals surface area contributed by atoms with Crippen LogP contribution in [0.5, 0.6) is 0 Å². The second-order valence-electron chi connectivity index (χ2n) is 5.20. The molecule has 1 aromatic rings. The van der Waals surface area contributed by atoms with E-state index in [4.69, 9.17) is 5.73 Å². The Morgan fingerprint density at radius 1 is 1.35 bits per heavy atom. The molecular formula is C13H19BrN2O3S. The van der Waals surface area contributed by atoms with Crippen LogP contribution in [0, 0.1) is 6.92 Å². The monoisotopic (exact) mass is 362 g/mol. The van der Waals surface area contributed by atoms with E-state index in [2.05, 4.69) is 20.7 Å². The zero-order valence-electron chi connectivity index (χ0n) is 11.3. The fraction of sp³-hybridized carbons (Fsp3) is 0.538. The largest absolute Gasteiger partial charge is 0.398 e. The fourth-order valence-corrected chi connectivity index (χ4v) is 4.70. The van der Waals surface area contributed by atoms with Gasteiger partial charge in [0.15, 0.2) is 0 Å². The van der Waals surface area contributed by atoms with Gasteiger partial charge < -0.3 is 10.8 Å². The normalized spacial score (nSPS) is 23.8. The number of nitrogens with two attached hydrogens (primary N) is 1. The molecule has 1 aliphatic rings. The maximum Gasteiger partial charge on any atom is 0.241 e. The molecule has 0 saturated heterocycles. The van der Waals surface area contributed by atoms with Crippen LogP contribution in [0.4, 0.5) is 5.69 Å². The number of nitrogen functional groups attached to an aromatic ring is 1. The summed E-state index contributed by atoms with van der Waals surface area (Å²) in [6.07, 6.45) is 2.52. The summed E-state index contributed by atoms with van der Waals surface area (Å²) >= 11 is 3.26. The van der Waals surface area contributed by atoms with Crippen molar-refractivity contribution in [3.63, 3.8) is 0 Å². The predicted octanol–water partition coefficient (Wildman–Crippen LogP) is 1.92. The maximum absolute atomic E-state index is 12.5. The molecular weight excluding hydrogens is 344 g/mol. The van der Waals surface area contributed by atoms with Crippen LogP contribution in [0.25, 0.3) is 0 Å². The minimum Gasteiger partial charge on any atom is -0.398 e. The second kappa shape index (κ2) is 6.01. The van der Waals surface area contributed by atoms with Crippen molar-refractivity contribution in [3.8, 4) is 0 Å². The van der Waals surface area contributed by atoms with Gasteiger partial charge in [0.25, 0.3) is 0 Å². The molecule has 7 heteroatoms. The number of rotatable bonds is 3. The zero-order chi connectivity index (χ0) is 14.9. The number of hydrogen-bond acceptors (Lipinski definition) is 4. The van der Waals surface area contributed by atoms with Crippen LogP contribution < -0.4 is 10.5 Å². The summed E-state index contributed by atoms with van der Waals surface area (Å²) < 4.78 is 28.2. The molecule has 1 aromatic carbocycles. The van der Waals surface area contributed by atoms with E-state index >= 15 is 0 Å². The molecule has 4 N–H and O–H groups in total. The average Bonchev–Trinajstić information content (AvgIpc) is 2.36. The Morgan fingerprint density at radius 3 is 2.65 bits per heavy atom. The van der Waals surface area contributed by atoms with Gasteiger partial charge in [-0.2, -0.15) is 0 Å². The van der Waals surface area contributed by atoms with Crippen LogP contribution in [-0.4, -0.2) is 25.7 Å². The Bertz CT molecular complexity index is 604. The molecule has 112 valence electrons. The Labute approximate surface area is 127 Å². The number of aliphatic hydroxyl groups excluding tert-OH is 1. The smallest absolute Gasteiger partial charge is 0.241 e. The molecule has 0 heterocycles. The highest BCUT2D eigenvalue weighted by atomic mass is 79.9. The third kappa shape index (κ3) is 3.33. The number of hydrogen-bond donors (Lipinski definition) is 3. The number of benzene rings is 1. The van der Waals surface area contributed by atoms with Crippen LogP contribution in [0.1, 0.15) is 31.2 Å². The first kappa shape index (κ1) is 15.8. The van der Waals surface area contributed by atoms with Crippen LogP contribution in [-0.2, 0) is 10.0 Å². The van der Waals surface area contributed by atoms with Crippen LogP contribution in [0.3, 0.4) is 0 Å². The molecule has 0 unspecified atom stereocenters. The summed E-state index contributed by atoms with van der Waals surface area (Å²) in [5.41, 5.74) is 6.75. The molecule has 0 aromatic heterocycles. The van der Waals surface area contributed by atoms with Crippen molar-refractivity contribution < 1.29 is 13.5 Å². The average molecular weight is 363 g/mol. The lowest BCUT2D eigenvalue weighted by Gasteiger charge is -2.28. The molecule has 1 aliphatic carbocycles. The summed E-state index contributed by atoms with van der Waals surface area (Å²) in [5.74, 6) is 0. The summed E-state index contributed by atoms with van der Waals surface area (Å²) in [5, 5.41) is 9.90. The van der Waals surface area contributed by atoms with Gasteiger partial charge in [0.1, 0.15) is 0 Å². The minimum absolute atomic E-state index is 0.155. The second-order valence-corrected chi connectivity index (χ2v) is 7.80. The van der Waals surface area contributed by atoms with Crippen molar-refractivity contribution in [1.29, 1.82) is 0 Å². The van der Waals surface area contributed by atoms with E-state index in [0.717, 1.165) is 12.8 Å². The van der Waals surface area contributed by atoms with E-state index in [9.17, 15) is 13.5 Å². The highest BCUT2D eigenvalue weighted by molar-refractivity contribution is 9.10. The third-order valence-corrected chi connectivity index (χ3v) is 5.76. The lowest BCUT2D eigenvalue weighted by molar-refractivity contribution is 0.101. The first-order chi connectivity index (χ1) is 9.31. The van der Waals surface area contributed by atoms with Gasteiger partial charge in [0.2, 0.25) is 10.0 Å². The SMILES string of the molecule is Cc1c(N)cc(Br)cc1S(=O)(=O)N[C@H]1CCCC[C@@H]1O. The first-order valence-corrected chi connectivity index (χ1v) is 8.85. The Morgan fingerprint density at radius 2 is 2.00 bits per heavy atom. The van der Waals surface area contributed by atoms with Crippen molar-refractivity contribution in [1.82, 2.24) is 4.72 Å². The summed E-state index contributed by atoms with van der Waals surface area (Å²) in [4.78, 5) is 0.155. The topological polar surface area (TPSA) is 92.4 Å². The first-order valence-electron chi connectivity index (χ1n) is 6.57. The van der Waals surface area contributed by atoms with Crippen molar-refractivity contribution in [2.75, 3.05) is 5.73 Å². The number of sulfonamides is 1. The Balaban J connectivity index is 2.31. The maximum atomic E-state index is 12.5. The van der Waals surface area contributed by atoms with Gasteiger partial charge in [-0.05, 0) is 37.5 Å². The van der Waals surface area contributed by atoms with Gasteiger partial charge in [0, 0.05) is 16.2 Å². The highest BCUT2D eigenvalue weighted by Gasteiger charge is 2.29.